The zero-order valence-corrected chi connectivity index (χ0v) is 18.0. The predicted octanol–water partition coefficient (Wildman–Crippen LogP) is 1.41. The van der Waals surface area contributed by atoms with Crippen LogP contribution in [0.3, 0.4) is 0 Å². The third kappa shape index (κ3) is 6.02. The molecular weight excluding hydrogens is 446 g/mol. The molecule has 11 heteroatoms. The average molecular weight is 468 g/mol. The van der Waals surface area contributed by atoms with Crippen molar-refractivity contribution in [2.24, 2.45) is 0 Å². The lowest BCUT2D eigenvalue weighted by Gasteiger charge is -2.28. The van der Waals surface area contributed by atoms with Crippen LogP contribution >= 0.6 is 11.6 Å². The number of ether oxygens (including phenoxy) is 1. The summed E-state index contributed by atoms with van der Waals surface area (Å²) in [4.78, 5) is 25.9. The minimum atomic E-state index is -4.14. The maximum absolute atomic E-state index is 12.8. The molecule has 1 atom stereocenters. The second-order valence-electron chi connectivity index (χ2n) is 6.88. The number of hydroxylamine groups is 1. The van der Waals surface area contributed by atoms with E-state index in [2.05, 4.69) is 4.72 Å². The van der Waals surface area contributed by atoms with E-state index in [0.717, 1.165) is 11.1 Å². The van der Waals surface area contributed by atoms with E-state index in [4.69, 9.17) is 21.5 Å². The number of nitrogens with one attached hydrogen (secondary N) is 2. The second-order valence-corrected chi connectivity index (χ2v) is 9.03. The first-order chi connectivity index (χ1) is 14.8. The van der Waals surface area contributed by atoms with Crippen molar-refractivity contribution in [1.29, 1.82) is 0 Å². The summed E-state index contributed by atoms with van der Waals surface area (Å²) in [7, 11) is -4.14. The van der Waals surface area contributed by atoms with Crippen LogP contribution in [0.2, 0.25) is 5.02 Å². The van der Waals surface area contributed by atoms with E-state index in [1.54, 1.807) is 24.3 Å². The normalized spacial score (nSPS) is 15.4. The van der Waals surface area contributed by atoms with Crippen molar-refractivity contribution < 1.29 is 28.0 Å². The van der Waals surface area contributed by atoms with Crippen molar-refractivity contribution in [3.63, 3.8) is 0 Å². The van der Waals surface area contributed by atoms with Gasteiger partial charge in [0.15, 0.2) is 0 Å². The van der Waals surface area contributed by atoms with Gasteiger partial charge in [-0.2, -0.15) is 4.72 Å². The average Bonchev–Trinajstić information content (AvgIpc) is 2.79. The first-order valence-electron chi connectivity index (χ1n) is 9.48. The summed E-state index contributed by atoms with van der Waals surface area (Å²) in [5.74, 6) is -1.44. The zero-order valence-electron chi connectivity index (χ0n) is 16.5. The van der Waals surface area contributed by atoms with E-state index >= 15 is 0 Å². The number of nitrogens with zero attached hydrogens (tertiary/aromatic N) is 1. The predicted molar refractivity (Wildman–Crippen MR) is 113 cm³/mol. The molecule has 0 aliphatic carbocycles. The molecule has 1 fully saturated rings. The van der Waals surface area contributed by atoms with Gasteiger partial charge in [-0.15, -0.1) is 0 Å². The van der Waals surface area contributed by atoms with Crippen molar-refractivity contribution >= 4 is 33.4 Å². The van der Waals surface area contributed by atoms with Gasteiger partial charge in [0.2, 0.25) is 15.9 Å². The van der Waals surface area contributed by atoms with Gasteiger partial charge in [0, 0.05) is 18.1 Å². The molecular formula is C20H22ClN3O6S. The van der Waals surface area contributed by atoms with Crippen LogP contribution in [0.1, 0.15) is 6.42 Å². The molecule has 2 amide bonds. The summed E-state index contributed by atoms with van der Waals surface area (Å²) in [6, 6.07) is 11.6. The highest BCUT2D eigenvalue weighted by Gasteiger charge is 2.30. The van der Waals surface area contributed by atoms with Crippen molar-refractivity contribution in [2.75, 3.05) is 26.3 Å². The van der Waals surface area contributed by atoms with Crippen LogP contribution in [0.25, 0.3) is 11.1 Å². The van der Waals surface area contributed by atoms with Gasteiger partial charge in [-0.05, 0) is 35.4 Å². The molecule has 2 aromatic carbocycles. The first kappa shape index (κ1) is 23.2. The molecule has 3 rings (SSSR count). The first-order valence-corrected chi connectivity index (χ1v) is 11.3. The van der Waals surface area contributed by atoms with Crippen molar-refractivity contribution in [3.05, 3.63) is 53.6 Å². The van der Waals surface area contributed by atoms with Crippen molar-refractivity contribution in [3.8, 4) is 11.1 Å². The molecule has 1 saturated heterocycles. The van der Waals surface area contributed by atoms with Gasteiger partial charge in [-0.1, -0.05) is 35.9 Å². The number of rotatable bonds is 7. The lowest BCUT2D eigenvalue weighted by Crippen LogP contribution is -2.50. The maximum Gasteiger partial charge on any atom is 0.262 e. The summed E-state index contributed by atoms with van der Waals surface area (Å²) in [6.45, 7) is 1.44. The van der Waals surface area contributed by atoms with E-state index in [-0.39, 0.29) is 4.90 Å². The Morgan fingerprint density at radius 1 is 1.03 bits per heavy atom. The van der Waals surface area contributed by atoms with Crippen LogP contribution in [0, 0.1) is 0 Å². The highest BCUT2D eigenvalue weighted by atomic mass is 35.5. The Hall–Kier alpha value is -2.50. The number of hydrogen-bond donors (Lipinski definition) is 3. The summed E-state index contributed by atoms with van der Waals surface area (Å²) in [5.41, 5.74) is 3.05. The fraction of sp³-hybridized carbons (Fsp3) is 0.300. The molecule has 0 bridgehead atoms. The summed E-state index contributed by atoms with van der Waals surface area (Å²) in [6.07, 6.45) is -0.436. The van der Waals surface area contributed by atoms with Crippen LogP contribution in [-0.2, 0) is 24.3 Å². The molecule has 0 unspecified atom stereocenters. The second kappa shape index (κ2) is 10.2. The fourth-order valence-corrected chi connectivity index (χ4v) is 4.43. The van der Waals surface area contributed by atoms with Crippen LogP contribution < -0.4 is 10.2 Å². The number of hydrogen-bond acceptors (Lipinski definition) is 6. The number of carbonyl (C=O) groups is 2. The topological polar surface area (TPSA) is 125 Å². The summed E-state index contributed by atoms with van der Waals surface area (Å²) < 4.78 is 32.9. The van der Waals surface area contributed by atoms with Crippen LogP contribution in [0.5, 0.6) is 0 Å². The van der Waals surface area contributed by atoms with Gasteiger partial charge in [0.1, 0.15) is 6.04 Å². The van der Waals surface area contributed by atoms with E-state index in [1.165, 1.54) is 22.5 Å². The largest absolute Gasteiger partial charge is 0.378 e. The number of sulfonamides is 1. The SMILES string of the molecule is O=C(NO)[C@@H](CC(=O)N1CCOCC1)NS(=O)(=O)c1ccc(-c2ccc(Cl)cc2)cc1. The quantitative estimate of drug-likeness (QED) is 0.417. The number of amides is 2. The molecule has 2 aromatic rings. The lowest BCUT2D eigenvalue weighted by molar-refractivity contribution is -0.140. The number of halogens is 1. The third-order valence-electron chi connectivity index (χ3n) is 4.81. The maximum atomic E-state index is 12.8. The van der Waals surface area contributed by atoms with Gasteiger partial charge >= 0.3 is 0 Å². The Morgan fingerprint density at radius 3 is 2.13 bits per heavy atom. The summed E-state index contributed by atoms with van der Waals surface area (Å²) >= 11 is 5.88. The van der Waals surface area contributed by atoms with Crippen LogP contribution in [0.4, 0.5) is 0 Å². The zero-order chi connectivity index (χ0) is 22.4. The molecule has 31 heavy (non-hydrogen) atoms. The summed E-state index contributed by atoms with van der Waals surface area (Å²) in [5, 5.41) is 9.58. The Morgan fingerprint density at radius 2 is 1.58 bits per heavy atom. The molecule has 0 radical (unpaired) electrons. The van der Waals surface area contributed by atoms with E-state index < -0.39 is 34.3 Å². The van der Waals surface area contributed by atoms with Crippen molar-refractivity contribution in [1.82, 2.24) is 15.1 Å². The molecule has 0 saturated carbocycles. The Labute approximate surface area is 185 Å². The Bertz CT molecular complexity index is 1020. The lowest BCUT2D eigenvalue weighted by atomic mass is 10.1. The molecule has 1 heterocycles. The van der Waals surface area contributed by atoms with E-state index in [1.807, 2.05) is 12.1 Å². The van der Waals surface area contributed by atoms with Gasteiger partial charge in [-0.25, -0.2) is 13.9 Å². The molecule has 9 nitrogen and oxygen atoms in total. The Balaban J connectivity index is 1.74. The van der Waals surface area contributed by atoms with Crippen molar-refractivity contribution in [2.45, 2.75) is 17.4 Å². The standard InChI is InChI=1S/C20H22ClN3O6S/c21-16-5-1-14(2-6-16)15-3-7-17(8-4-15)31(28,29)23-18(20(26)22-27)13-19(25)24-9-11-30-12-10-24/h1-8,18,23,27H,9-13H2,(H,22,26)/t18-/m1/s1. The van der Waals surface area contributed by atoms with Gasteiger partial charge < -0.3 is 9.64 Å². The Kier molecular flexibility index (Phi) is 7.63. The smallest absolute Gasteiger partial charge is 0.262 e. The van der Waals surface area contributed by atoms with E-state index in [9.17, 15) is 18.0 Å². The monoisotopic (exact) mass is 467 g/mol. The molecule has 1 aliphatic heterocycles. The number of benzene rings is 2. The molecule has 166 valence electrons. The van der Waals surface area contributed by atoms with Gasteiger partial charge in [0.25, 0.3) is 5.91 Å². The van der Waals surface area contributed by atoms with E-state index in [0.29, 0.717) is 31.3 Å². The molecule has 3 N–H and O–H groups in total. The minimum Gasteiger partial charge on any atom is -0.378 e. The van der Waals surface area contributed by atoms with Crippen LogP contribution in [0.15, 0.2) is 53.4 Å². The van der Waals surface area contributed by atoms with Gasteiger partial charge in [0.05, 0.1) is 24.5 Å². The van der Waals surface area contributed by atoms with Crippen LogP contribution in [-0.4, -0.2) is 62.7 Å². The molecule has 1 aliphatic rings. The molecule has 0 spiro atoms. The third-order valence-corrected chi connectivity index (χ3v) is 6.55. The number of carbonyl (C=O) groups excluding carboxylic acids is 2. The fourth-order valence-electron chi connectivity index (χ4n) is 3.11. The minimum absolute atomic E-state index is 0.0835. The molecule has 0 aromatic heterocycles. The highest BCUT2D eigenvalue weighted by molar-refractivity contribution is 7.89. The number of morpholine rings is 1. The van der Waals surface area contributed by atoms with Gasteiger partial charge in [-0.3, -0.25) is 14.8 Å². The highest BCUT2D eigenvalue weighted by Crippen LogP contribution is 2.23.